The first-order valence-corrected chi connectivity index (χ1v) is 5.51. The van der Waals surface area contributed by atoms with Gasteiger partial charge in [0, 0.05) is 31.6 Å². The smallest absolute Gasteiger partial charge is 0.335 e. The monoisotopic (exact) mass is 237 g/mol. The highest BCUT2D eigenvalue weighted by Gasteiger charge is 2.29. The highest BCUT2D eigenvalue weighted by molar-refractivity contribution is 5.88. The molecule has 1 aromatic rings. The molecule has 1 aliphatic heterocycles. The van der Waals surface area contributed by atoms with Gasteiger partial charge in [0.1, 0.15) is 0 Å². The van der Waals surface area contributed by atoms with Gasteiger partial charge >= 0.3 is 5.97 Å². The Kier molecular flexibility index (Phi) is 3.04. The molecule has 0 aromatic heterocycles. The molecule has 0 saturated carbocycles. The predicted molar refractivity (Wildman–Crippen MR) is 62.0 cm³/mol. The maximum absolute atomic E-state index is 10.7. The van der Waals surface area contributed by atoms with E-state index in [0.717, 1.165) is 5.69 Å². The Morgan fingerprint density at radius 2 is 1.65 bits per heavy atom. The summed E-state index contributed by atoms with van der Waals surface area (Å²) in [5.74, 6) is -2.50. The molecule has 92 valence electrons. The second-order valence-electron chi connectivity index (χ2n) is 4.32. The number of nitrogens with zero attached hydrogens (tertiary/aromatic N) is 1. The fraction of sp³-hybridized carbons (Fsp3) is 0.417. The van der Waals surface area contributed by atoms with Gasteiger partial charge in [0.2, 0.25) is 0 Å². The van der Waals surface area contributed by atoms with Crippen LogP contribution in [0.25, 0.3) is 0 Å². The zero-order chi connectivity index (χ0) is 12.5. The average molecular weight is 237 g/mol. The summed E-state index contributed by atoms with van der Waals surface area (Å²) in [6, 6.07) is 6.59. The van der Waals surface area contributed by atoms with Gasteiger partial charge in [0.05, 0.1) is 5.56 Å². The van der Waals surface area contributed by atoms with Crippen LogP contribution in [0, 0.1) is 0 Å². The third-order valence-electron chi connectivity index (χ3n) is 3.04. The number of carboxylic acid groups (broad SMARTS) is 1. The van der Waals surface area contributed by atoms with Crippen LogP contribution in [0.2, 0.25) is 0 Å². The van der Waals surface area contributed by atoms with Crippen LogP contribution >= 0.6 is 0 Å². The minimum atomic E-state index is -1.56. The summed E-state index contributed by atoms with van der Waals surface area (Å²) in [5, 5.41) is 27.6. The molecule has 2 rings (SSSR count). The van der Waals surface area contributed by atoms with Crippen LogP contribution in [0.3, 0.4) is 0 Å². The quantitative estimate of drug-likeness (QED) is 0.658. The maximum Gasteiger partial charge on any atom is 0.335 e. The number of hydrogen-bond acceptors (Lipinski definition) is 4. The molecule has 0 bridgehead atoms. The number of carbonyl (C=O) groups is 1. The van der Waals surface area contributed by atoms with Crippen molar-refractivity contribution in [2.45, 2.75) is 18.6 Å². The van der Waals surface area contributed by atoms with Crippen LogP contribution in [0.4, 0.5) is 5.69 Å². The fourth-order valence-corrected chi connectivity index (χ4v) is 1.94. The number of aromatic carboxylic acids is 1. The van der Waals surface area contributed by atoms with Crippen LogP contribution in [0.15, 0.2) is 24.3 Å². The van der Waals surface area contributed by atoms with E-state index in [9.17, 15) is 15.0 Å². The fourth-order valence-electron chi connectivity index (χ4n) is 1.94. The van der Waals surface area contributed by atoms with Gasteiger partial charge in [-0.2, -0.15) is 0 Å². The van der Waals surface area contributed by atoms with Gasteiger partial charge in [-0.1, -0.05) is 0 Å². The Morgan fingerprint density at radius 3 is 2.12 bits per heavy atom. The molecule has 1 fully saturated rings. The van der Waals surface area contributed by atoms with Crippen LogP contribution < -0.4 is 4.90 Å². The number of carboxylic acids is 1. The minimum Gasteiger partial charge on any atom is -0.478 e. The molecular weight excluding hydrogens is 222 g/mol. The number of piperidine rings is 1. The first kappa shape index (κ1) is 11.9. The van der Waals surface area contributed by atoms with Crippen LogP contribution in [0.1, 0.15) is 23.2 Å². The van der Waals surface area contributed by atoms with E-state index >= 15 is 0 Å². The molecule has 0 amide bonds. The Morgan fingerprint density at radius 1 is 1.12 bits per heavy atom. The molecule has 5 nitrogen and oxygen atoms in total. The normalized spacial score (nSPS) is 19.1. The van der Waals surface area contributed by atoms with Crippen molar-refractivity contribution in [1.82, 2.24) is 0 Å². The number of anilines is 1. The number of benzene rings is 1. The van der Waals surface area contributed by atoms with Gasteiger partial charge in [-0.25, -0.2) is 4.79 Å². The Hall–Kier alpha value is -1.59. The van der Waals surface area contributed by atoms with Crippen molar-refractivity contribution in [2.24, 2.45) is 0 Å². The largest absolute Gasteiger partial charge is 0.478 e. The van der Waals surface area contributed by atoms with Gasteiger partial charge in [-0.15, -0.1) is 0 Å². The van der Waals surface area contributed by atoms with Gasteiger partial charge in [0.15, 0.2) is 5.79 Å². The van der Waals surface area contributed by atoms with E-state index in [1.807, 2.05) is 4.90 Å². The van der Waals surface area contributed by atoms with E-state index < -0.39 is 11.8 Å². The zero-order valence-corrected chi connectivity index (χ0v) is 9.33. The summed E-state index contributed by atoms with van der Waals surface area (Å²) in [5.41, 5.74) is 1.16. The van der Waals surface area contributed by atoms with Gasteiger partial charge < -0.3 is 20.2 Å². The molecule has 0 unspecified atom stereocenters. The molecule has 1 aromatic carbocycles. The standard InChI is InChI=1S/C12H15NO4/c14-11(15)9-1-3-10(4-2-9)13-7-5-12(16,17)6-8-13/h1-4,16-17H,5-8H2,(H,14,15). The van der Waals surface area contributed by atoms with Crippen LogP contribution in [0.5, 0.6) is 0 Å². The van der Waals surface area contributed by atoms with E-state index in [-0.39, 0.29) is 5.56 Å². The topological polar surface area (TPSA) is 81.0 Å². The minimum absolute atomic E-state index is 0.254. The predicted octanol–water partition coefficient (Wildman–Crippen LogP) is 0.666. The van der Waals surface area contributed by atoms with Crippen molar-refractivity contribution in [1.29, 1.82) is 0 Å². The zero-order valence-electron chi connectivity index (χ0n) is 9.33. The first-order valence-electron chi connectivity index (χ1n) is 5.51. The summed E-state index contributed by atoms with van der Waals surface area (Å²) in [7, 11) is 0. The summed E-state index contributed by atoms with van der Waals surface area (Å²) >= 11 is 0. The van der Waals surface area contributed by atoms with Crippen molar-refractivity contribution < 1.29 is 20.1 Å². The summed E-state index contributed by atoms with van der Waals surface area (Å²) in [6.45, 7) is 1.11. The Balaban J connectivity index is 2.06. The summed E-state index contributed by atoms with van der Waals surface area (Å²) < 4.78 is 0. The molecule has 1 saturated heterocycles. The average Bonchev–Trinajstić information content (AvgIpc) is 2.29. The van der Waals surface area contributed by atoms with E-state index in [1.54, 1.807) is 24.3 Å². The van der Waals surface area contributed by atoms with Crippen molar-refractivity contribution in [3.8, 4) is 0 Å². The second-order valence-corrected chi connectivity index (χ2v) is 4.32. The molecule has 3 N–H and O–H groups in total. The van der Waals surface area contributed by atoms with Crippen LogP contribution in [-0.2, 0) is 0 Å². The molecule has 5 heteroatoms. The lowest BCUT2D eigenvalue weighted by atomic mass is 10.0. The first-order chi connectivity index (χ1) is 7.98. The Labute approximate surface area is 98.9 Å². The van der Waals surface area contributed by atoms with E-state index in [4.69, 9.17) is 5.11 Å². The molecule has 1 heterocycles. The molecule has 1 aliphatic rings. The van der Waals surface area contributed by atoms with Crippen molar-refractivity contribution in [2.75, 3.05) is 18.0 Å². The molecular formula is C12H15NO4. The number of aliphatic hydroxyl groups is 2. The number of rotatable bonds is 2. The molecule has 0 atom stereocenters. The Bertz CT molecular complexity index is 403. The van der Waals surface area contributed by atoms with Crippen molar-refractivity contribution in [3.05, 3.63) is 29.8 Å². The summed E-state index contributed by atoms with van der Waals surface area (Å²) in [4.78, 5) is 12.7. The molecule has 0 radical (unpaired) electrons. The number of hydrogen-bond donors (Lipinski definition) is 3. The lowest BCUT2D eigenvalue weighted by Crippen LogP contribution is -2.44. The second kappa shape index (κ2) is 4.35. The lowest BCUT2D eigenvalue weighted by molar-refractivity contribution is -0.172. The van der Waals surface area contributed by atoms with E-state index in [0.29, 0.717) is 25.9 Å². The van der Waals surface area contributed by atoms with E-state index in [2.05, 4.69) is 0 Å². The summed E-state index contributed by atoms with van der Waals surface area (Å²) in [6.07, 6.45) is 0.599. The molecule has 17 heavy (non-hydrogen) atoms. The third kappa shape index (κ3) is 2.75. The maximum atomic E-state index is 10.7. The van der Waals surface area contributed by atoms with Crippen LogP contribution in [-0.4, -0.2) is 40.2 Å². The van der Waals surface area contributed by atoms with Crippen molar-refractivity contribution >= 4 is 11.7 Å². The molecule has 0 spiro atoms. The van der Waals surface area contributed by atoms with E-state index in [1.165, 1.54) is 0 Å². The SMILES string of the molecule is O=C(O)c1ccc(N2CCC(O)(O)CC2)cc1. The highest BCUT2D eigenvalue weighted by atomic mass is 16.5. The van der Waals surface area contributed by atoms with Gasteiger partial charge in [0.25, 0.3) is 0 Å². The lowest BCUT2D eigenvalue weighted by Gasteiger charge is -2.36. The third-order valence-corrected chi connectivity index (χ3v) is 3.04. The van der Waals surface area contributed by atoms with Gasteiger partial charge in [-0.05, 0) is 24.3 Å². The molecule has 0 aliphatic carbocycles. The highest BCUT2D eigenvalue weighted by Crippen LogP contribution is 2.24. The van der Waals surface area contributed by atoms with Gasteiger partial charge in [-0.3, -0.25) is 0 Å². The van der Waals surface area contributed by atoms with Crippen molar-refractivity contribution in [3.63, 3.8) is 0 Å².